The lowest BCUT2D eigenvalue weighted by atomic mass is 9.80. The zero-order valence-corrected chi connectivity index (χ0v) is 33.9. The SMILES string of the molecule is COc1ccc(C(OC[C@@H]2C[C@H](O[Si](C)(C)C(C)(C)C)[C@@H](n3cnc4c(NC(=O)c5ccccc5)ncnc43)O2)(c2ccccc2)c2ccc(OC)cc2)cc1. The van der Waals surface area contributed by atoms with E-state index in [1.807, 2.05) is 89.5 Å². The molecule has 0 bridgehead atoms. The highest BCUT2D eigenvalue weighted by atomic mass is 28.4. The summed E-state index contributed by atoms with van der Waals surface area (Å²) in [6.07, 6.45) is 2.39. The summed E-state index contributed by atoms with van der Waals surface area (Å²) in [6, 6.07) is 35.2. The van der Waals surface area contributed by atoms with E-state index in [4.69, 9.17) is 28.4 Å². The summed E-state index contributed by atoms with van der Waals surface area (Å²) in [5.41, 5.74) is 3.29. The number of aromatic nitrogens is 4. The molecule has 290 valence electrons. The van der Waals surface area contributed by atoms with Crippen molar-refractivity contribution in [3.05, 3.63) is 144 Å². The first kappa shape index (κ1) is 38.9. The fraction of sp³-hybridized carbons (Fsp3) is 0.318. The summed E-state index contributed by atoms with van der Waals surface area (Å²) in [7, 11) is 1.02. The minimum atomic E-state index is -2.30. The van der Waals surface area contributed by atoms with Crippen molar-refractivity contribution in [1.82, 2.24) is 19.5 Å². The number of hydrogen-bond acceptors (Lipinski definition) is 9. The van der Waals surface area contributed by atoms with Crippen molar-refractivity contribution in [3.8, 4) is 11.5 Å². The maximum atomic E-state index is 13.1. The number of benzene rings is 4. The summed E-state index contributed by atoms with van der Waals surface area (Å²) < 4.78 is 34.3. The molecule has 0 saturated carbocycles. The van der Waals surface area contributed by atoms with Crippen molar-refractivity contribution in [2.24, 2.45) is 0 Å². The lowest BCUT2D eigenvalue weighted by Crippen LogP contribution is -2.45. The average Bonchev–Trinajstić information content (AvgIpc) is 3.83. The Morgan fingerprint density at radius 2 is 1.38 bits per heavy atom. The highest BCUT2D eigenvalue weighted by molar-refractivity contribution is 6.74. The molecule has 3 heterocycles. The van der Waals surface area contributed by atoms with Crippen LogP contribution in [-0.4, -0.2) is 66.8 Å². The van der Waals surface area contributed by atoms with Crippen molar-refractivity contribution >= 4 is 31.2 Å². The van der Waals surface area contributed by atoms with Crippen LogP contribution in [0.1, 0.15) is 60.5 Å². The Kier molecular flexibility index (Phi) is 11.1. The lowest BCUT2D eigenvalue weighted by Gasteiger charge is -2.39. The van der Waals surface area contributed by atoms with Crippen LogP contribution in [0.3, 0.4) is 0 Å². The molecule has 1 amide bonds. The second-order valence-corrected chi connectivity index (χ2v) is 20.2. The zero-order valence-electron chi connectivity index (χ0n) is 32.9. The van der Waals surface area contributed by atoms with E-state index >= 15 is 0 Å². The number of hydrogen-bond donors (Lipinski definition) is 1. The van der Waals surface area contributed by atoms with Gasteiger partial charge in [-0.1, -0.05) is 93.6 Å². The number of carbonyl (C=O) groups is 1. The first-order valence-electron chi connectivity index (χ1n) is 18.8. The number of ether oxygens (including phenoxy) is 4. The number of carbonyl (C=O) groups excluding carboxylic acids is 1. The molecule has 12 heteroatoms. The number of nitrogens with zero attached hydrogens (tertiary/aromatic N) is 4. The molecule has 0 aliphatic carbocycles. The maximum Gasteiger partial charge on any atom is 0.256 e. The largest absolute Gasteiger partial charge is 0.497 e. The van der Waals surface area contributed by atoms with Crippen LogP contribution in [0.2, 0.25) is 18.1 Å². The van der Waals surface area contributed by atoms with Gasteiger partial charge in [0.15, 0.2) is 31.5 Å². The van der Waals surface area contributed by atoms with Gasteiger partial charge in [-0.2, -0.15) is 0 Å². The Labute approximate surface area is 329 Å². The minimum absolute atomic E-state index is 0.0502. The Morgan fingerprint density at radius 1 is 0.804 bits per heavy atom. The standard InChI is InChI=1S/C44H49N5O6Si/c1-43(2,3)56(6,7)55-37-26-36(54-42(37)49-29-47-38-39(45-28-46-40(38)49)48-41(50)30-14-10-8-11-15-30)27-53-44(31-16-12-9-13-17-31,32-18-22-34(51-4)23-19-32)33-20-24-35(52-5)25-21-33/h8-25,28-29,36-37,42H,26-27H2,1-7H3,(H,45,46,48,50)/t36-,37-,42-/m0/s1. The fourth-order valence-corrected chi connectivity index (χ4v) is 8.24. The third kappa shape index (κ3) is 7.70. The topological polar surface area (TPSA) is 119 Å². The van der Waals surface area contributed by atoms with Crippen molar-refractivity contribution in [2.45, 2.75) is 69.4 Å². The van der Waals surface area contributed by atoms with Gasteiger partial charge in [0, 0.05) is 12.0 Å². The van der Waals surface area contributed by atoms with Gasteiger partial charge in [-0.15, -0.1) is 0 Å². The Hall–Kier alpha value is -5.40. The van der Waals surface area contributed by atoms with Gasteiger partial charge in [0.25, 0.3) is 5.91 Å². The van der Waals surface area contributed by atoms with Crippen LogP contribution in [0.5, 0.6) is 11.5 Å². The summed E-state index contributed by atoms with van der Waals surface area (Å²) in [4.78, 5) is 26.8. The highest BCUT2D eigenvalue weighted by Gasteiger charge is 2.47. The van der Waals surface area contributed by atoms with E-state index in [2.05, 4.69) is 61.3 Å². The number of amides is 1. The average molecular weight is 772 g/mol. The summed E-state index contributed by atoms with van der Waals surface area (Å²) in [5, 5.41) is 2.86. The van der Waals surface area contributed by atoms with Crippen LogP contribution in [0, 0.1) is 0 Å². The molecule has 11 nitrogen and oxygen atoms in total. The second-order valence-electron chi connectivity index (χ2n) is 15.5. The molecule has 1 saturated heterocycles. The second kappa shape index (κ2) is 16.0. The third-order valence-electron chi connectivity index (χ3n) is 11.0. The molecule has 1 aliphatic heterocycles. The lowest BCUT2D eigenvalue weighted by molar-refractivity contribution is -0.0841. The van der Waals surface area contributed by atoms with E-state index in [9.17, 15) is 4.79 Å². The first-order valence-corrected chi connectivity index (χ1v) is 21.7. The van der Waals surface area contributed by atoms with Gasteiger partial charge in [-0.25, -0.2) is 15.0 Å². The normalized spacial score (nSPS) is 17.5. The molecule has 0 radical (unpaired) electrons. The quantitative estimate of drug-likeness (QED) is 0.0908. The van der Waals surface area contributed by atoms with Gasteiger partial charge in [-0.3, -0.25) is 9.36 Å². The minimum Gasteiger partial charge on any atom is -0.497 e. The van der Waals surface area contributed by atoms with Gasteiger partial charge >= 0.3 is 0 Å². The molecule has 0 spiro atoms. The predicted octanol–water partition coefficient (Wildman–Crippen LogP) is 8.78. The number of imidazole rings is 1. The van der Waals surface area contributed by atoms with E-state index in [1.54, 1.807) is 32.7 Å². The molecule has 1 aliphatic rings. The Morgan fingerprint density at radius 3 is 1.95 bits per heavy atom. The van der Waals surface area contributed by atoms with Crippen LogP contribution in [0.4, 0.5) is 5.82 Å². The van der Waals surface area contributed by atoms with Crippen LogP contribution in [-0.2, 0) is 19.5 Å². The van der Waals surface area contributed by atoms with Crippen LogP contribution < -0.4 is 14.8 Å². The van der Waals surface area contributed by atoms with Gasteiger partial charge < -0.3 is 28.7 Å². The molecular formula is C44H49N5O6Si. The number of methoxy groups -OCH3 is 2. The Bertz CT molecular complexity index is 2200. The van der Waals surface area contributed by atoms with E-state index in [0.29, 0.717) is 29.0 Å². The van der Waals surface area contributed by atoms with Crippen molar-refractivity contribution in [1.29, 1.82) is 0 Å². The fourth-order valence-electron chi connectivity index (χ4n) is 6.92. The van der Waals surface area contributed by atoms with Gasteiger partial charge in [0.05, 0.1) is 39.4 Å². The van der Waals surface area contributed by atoms with Crippen molar-refractivity contribution in [3.63, 3.8) is 0 Å². The summed E-state index contributed by atoms with van der Waals surface area (Å²) >= 11 is 0. The third-order valence-corrected chi connectivity index (χ3v) is 15.5. The first-order chi connectivity index (χ1) is 26.9. The van der Waals surface area contributed by atoms with Crippen LogP contribution in [0.15, 0.2) is 122 Å². The molecule has 56 heavy (non-hydrogen) atoms. The number of anilines is 1. The number of nitrogens with one attached hydrogen (secondary N) is 1. The molecule has 0 unspecified atom stereocenters. The van der Waals surface area contributed by atoms with Crippen LogP contribution in [0.25, 0.3) is 11.2 Å². The Balaban J connectivity index is 1.25. The molecule has 6 aromatic rings. The molecule has 3 atom stereocenters. The zero-order chi connectivity index (χ0) is 39.5. The van der Waals surface area contributed by atoms with Gasteiger partial charge in [-0.05, 0) is 71.2 Å². The summed E-state index contributed by atoms with van der Waals surface area (Å²) in [6.45, 7) is 11.4. The number of fused-ring (bicyclic) bond motifs is 1. The van der Waals surface area contributed by atoms with E-state index < -0.39 is 20.1 Å². The van der Waals surface area contributed by atoms with Gasteiger partial charge in [0.1, 0.15) is 23.4 Å². The molecule has 2 aromatic heterocycles. The molecule has 1 N–H and O–H groups in total. The molecule has 4 aromatic carbocycles. The van der Waals surface area contributed by atoms with Gasteiger partial charge in [0.2, 0.25) is 0 Å². The van der Waals surface area contributed by atoms with Crippen molar-refractivity contribution < 1.29 is 28.2 Å². The van der Waals surface area contributed by atoms with E-state index in [-0.39, 0.29) is 29.8 Å². The number of rotatable bonds is 13. The van der Waals surface area contributed by atoms with E-state index in [0.717, 1.165) is 28.2 Å². The predicted molar refractivity (Wildman–Crippen MR) is 219 cm³/mol. The van der Waals surface area contributed by atoms with Crippen molar-refractivity contribution in [2.75, 3.05) is 26.1 Å². The monoisotopic (exact) mass is 771 g/mol. The maximum absolute atomic E-state index is 13.1. The molecule has 1 fully saturated rings. The van der Waals surface area contributed by atoms with E-state index in [1.165, 1.54) is 6.33 Å². The summed E-state index contributed by atoms with van der Waals surface area (Å²) in [5.74, 6) is 1.52. The van der Waals surface area contributed by atoms with Crippen LogP contribution >= 0.6 is 0 Å². The highest BCUT2D eigenvalue weighted by Crippen LogP contribution is 2.45. The smallest absolute Gasteiger partial charge is 0.256 e. The molecular weight excluding hydrogens is 723 g/mol. The molecule has 7 rings (SSSR count).